The third-order valence-corrected chi connectivity index (χ3v) is 5.69. The molecule has 0 saturated heterocycles. The predicted molar refractivity (Wildman–Crippen MR) is 151 cm³/mol. The summed E-state index contributed by atoms with van der Waals surface area (Å²) in [5, 5.41) is 9.54. The molecule has 9 heteroatoms. The van der Waals surface area contributed by atoms with Gasteiger partial charge in [-0.3, -0.25) is 4.90 Å². The smallest absolute Gasteiger partial charge is 0.234 e. The summed E-state index contributed by atoms with van der Waals surface area (Å²) in [6.45, 7) is 23.2. The second-order valence-electron chi connectivity index (χ2n) is 10.4. The van der Waals surface area contributed by atoms with E-state index in [0.29, 0.717) is 70.0 Å². The minimum absolute atomic E-state index is 0.0586. The molecule has 1 aromatic rings. The van der Waals surface area contributed by atoms with Crippen molar-refractivity contribution >= 4 is 11.9 Å². The molecule has 37 heavy (non-hydrogen) atoms. The van der Waals surface area contributed by atoms with Gasteiger partial charge in [-0.1, -0.05) is 54.5 Å². The van der Waals surface area contributed by atoms with Gasteiger partial charge in [0, 0.05) is 32.0 Å². The maximum atomic E-state index is 9.54. The lowest BCUT2D eigenvalue weighted by atomic mass is 10.1. The highest BCUT2D eigenvalue weighted by molar-refractivity contribution is 5.39. The minimum atomic E-state index is 0.0586. The maximum absolute atomic E-state index is 9.54. The first-order chi connectivity index (χ1) is 17.7. The summed E-state index contributed by atoms with van der Waals surface area (Å²) >= 11 is 0. The van der Waals surface area contributed by atoms with Crippen LogP contribution in [0.3, 0.4) is 0 Å². The average molecular weight is 524 g/mol. The highest BCUT2D eigenvalue weighted by atomic mass is 16.5. The molecule has 0 aliphatic rings. The predicted octanol–water partition coefficient (Wildman–Crippen LogP) is 5.93. The van der Waals surface area contributed by atoms with Crippen LogP contribution in [0.2, 0.25) is 0 Å². The van der Waals surface area contributed by atoms with E-state index in [4.69, 9.17) is 29.2 Å². The van der Waals surface area contributed by atoms with Crippen LogP contribution in [0, 0.1) is 11.8 Å². The Morgan fingerprint density at radius 3 is 1.92 bits per heavy atom. The molecule has 0 aromatic carbocycles. The molecule has 0 saturated carbocycles. The second-order valence-corrected chi connectivity index (χ2v) is 10.4. The van der Waals surface area contributed by atoms with Gasteiger partial charge in [-0.2, -0.15) is 15.0 Å². The van der Waals surface area contributed by atoms with Gasteiger partial charge in [-0.05, 0) is 38.0 Å². The van der Waals surface area contributed by atoms with Crippen LogP contribution < -0.4 is 9.80 Å². The van der Waals surface area contributed by atoms with Gasteiger partial charge in [0.05, 0.1) is 25.6 Å². The molecular weight excluding hydrogens is 470 g/mol. The summed E-state index contributed by atoms with van der Waals surface area (Å²) in [6.07, 6.45) is 4.31. The van der Waals surface area contributed by atoms with E-state index < -0.39 is 0 Å². The molecule has 0 fully saturated rings. The lowest BCUT2D eigenvalue weighted by Crippen LogP contribution is -2.34. The fourth-order valence-electron chi connectivity index (χ4n) is 3.51. The molecule has 0 radical (unpaired) electrons. The molecule has 1 atom stereocenters. The third-order valence-electron chi connectivity index (χ3n) is 5.69. The fraction of sp³-hybridized carbons (Fsp3) is 0.821. The van der Waals surface area contributed by atoms with Crippen molar-refractivity contribution in [2.24, 2.45) is 11.8 Å². The van der Waals surface area contributed by atoms with Crippen molar-refractivity contribution in [3.8, 4) is 0 Å². The number of aromatic nitrogens is 3. The molecule has 0 bridgehead atoms. The number of allylic oxidation sites excluding steroid dienone is 1. The number of rotatable bonds is 22. The van der Waals surface area contributed by atoms with Crippen molar-refractivity contribution in [1.82, 2.24) is 15.0 Å². The summed E-state index contributed by atoms with van der Waals surface area (Å²) in [4.78, 5) is 18.7. The molecule has 1 N–H and O–H groups in total. The van der Waals surface area contributed by atoms with Crippen molar-refractivity contribution in [2.45, 2.75) is 86.5 Å². The lowest BCUT2D eigenvalue weighted by Gasteiger charge is -2.27. The van der Waals surface area contributed by atoms with Crippen LogP contribution in [-0.4, -0.2) is 73.0 Å². The van der Waals surface area contributed by atoms with Gasteiger partial charge >= 0.3 is 0 Å². The van der Waals surface area contributed by atoms with Crippen molar-refractivity contribution in [3.05, 3.63) is 18.2 Å². The highest BCUT2D eigenvalue weighted by Crippen LogP contribution is 2.23. The van der Waals surface area contributed by atoms with E-state index >= 15 is 0 Å². The zero-order valence-corrected chi connectivity index (χ0v) is 24.5. The summed E-state index contributed by atoms with van der Waals surface area (Å²) in [5.41, 5.74) is 0. The summed E-state index contributed by atoms with van der Waals surface area (Å²) < 4.78 is 17.9. The van der Waals surface area contributed by atoms with Gasteiger partial charge in [0.2, 0.25) is 11.9 Å². The van der Waals surface area contributed by atoms with Gasteiger partial charge in [0.15, 0.2) is 0 Å². The zero-order chi connectivity index (χ0) is 27.6. The Hall–Kier alpha value is -1.97. The number of hydrogen-bond donors (Lipinski definition) is 1. The van der Waals surface area contributed by atoms with E-state index in [9.17, 15) is 5.11 Å². The minimum Gasteiger partial charge on any atom is -0.513 e. The topological polar surface area (TPSA) is 93.1 Å². The molecule has 214 valence electrons. The zero-order valence-electron chi connectivity index (χ0n) is 24.5. The van der Waals surface area contributed by atoms with E-state index in [1.54, 1.807) is 0 Å². The van der Waals surface area contributed by atoms with Crippen LogP contribution in [0.1, 0.15) is 92.3 Å². The van der Waals surface area contributed by atoms with E-state index in [-0.39, 0.29) is 11.7 Å². The third kappa shape index (κ3) is 13.9. The van der Waals surface area contributed by atoms with Gasteiger partial charge in [0.1, 0.15) is 19.3 Å². The lowest BCUT2D eigenvalue weighted by molar-refractivity contribution is 0.0634. The number of aliphatic hydroxyl groups is 1. The first-order valence-corrected chi connectivity index (χ1v) is 14.1. The summed E-state index contributed by atoms with van der Waals surface area (Å²) in [5.74, 6) is 2.98. The van der Waals surface area contributed by atoms with Crippen LogP contribution in [0.4, 0.5) is 11.9 Å². The van der Waals surface area contributed by atoms with E-state index in [1.807, 2.05) is 4.90 Å². The molecule has 0 spiro atoms. The van der Waals surface area contributed by atoms with Crippen LogP contribution in [0.25, 0.3) is 0 Å². The van der Waals surface area contributed by atoms with Crippen molar-refractivity contribution in [2.75, 3.05) is 62.8 Å². The number of unbranched alkanes of at least 4 members (excludes halogenated alkanes) is 1. The van der Waals surface area contributed by atoms with Crippen molar-refractivity contribution in [1.29, 1.82) is 0 Å². The Bertz CT molecular complexity index is 733. The number of nitrogens with zero attached hydrogens (tertiary/aromatic N) is 5. The standard InChI is InChI=1S/C28H53N5O4/c1-9-12-16-35-19-25(10-2)26-29-27(32(11-3)15-13-14-24(8)34)31-28(30-26)33(20-36-17-22(4)5)21-37-18-23(6)7/h22-23,25,34H,8-21H2,1-7H3. The molecule has 1 rings (SSSR count). The van der Waals surface area contributed by atoms with Gasteiger partial charge in [-0.25, -0.2) is 0 Å². The van der Waals surface area contributed by atoms with Gasteiger partial charge < -0.3 is 24.2 Å². The Kier molecular flexibility index (Phi) is 17.1. The SMILES string of the molecule is C=C(O)CCCN(CC)c1nc(C(CC)COCCCC)nc(N(COCC(C)C)COCC(C)C)n1. The first-order valence-electron chi connectivity index (χ1n) is 14.1. The van der Waals surface area contributed by atoms with Crippen LogP contribution in [0.5, 0.6) is 0 Å². The molecule has 1 aromatic heterocycles. The van der Waals surface area contributed by atoms with E-state index in [1.165, 1.54) is 0 Å². The molecule has 1 heterocycles. The largest absolute Gasteiger partial charge is 0.513 e. The van der Waals surface area contributed by atoms with Gasteiger partial charge in [-0.15, -0.1) is 0 Å². The average Bonchev–Trinajstić information content (AvgIpc) is 2.85. The molecule has 9 nitrogen and oxygen atoms in total. The number of hydrogen-bond acceptors (Lipinski definition) is 9. The second kappa shape index (κ2) is 19.2. The van der Waals surface area contributed by atoms with E-state index in [2.05, 4.69) is 59.9 Å². The van der Waals surface area contributed by atoms with Crippen molar-refractivity contribution in [3.63, 3.8) is 0 Å². The maximum Gasteiger partial charge on any atom is 0.234 e. The molecule has 0 aliphatic carbocycles. The monoisotopic (exact) mass is 523 g/mol. The first kappa shape index (κ1) is 33.1. The quantitative estimate of drug-likeness (QED) is 0.113. The van der Waals surface area contributed by atoms with Crippen LogP contribution in [-0.2, 0) is 14.2 Å². The Morgan fingerprint density at radius 2 is 1.43 bits per heavy atom. The molecule has 0 amide bonds. The molecular formula is C28H53N5O4. The van der Waals surface area contributed by atoms with Crippen LogP contribution >= 0.6 is 0 Å². The normalized spacial score (nSPS) is 12.4. The van der Waals surface area contributed by atoms with Crippen LogP contribution in [0.15, 0.2) is 12.3 Å². The molecule has 1 unspecified atom stereocenters. The number of aliphatic hydroxyl groups excluding tert-OH is 1. The number of ether oxygens (including phenoxy) is 3. The van der Waals surface area contributed by atoms with Crippen molar-refractivity contribution < 1.29 is 19.3 Å². The fourth-order valence-corrected chi connectivity index (χ4v) is 3.51. The Labute approximate surface area is 225 Å². The number of anilines is 2. The summed E-state index contributed by atoms with van der Waals surface area (Å²) in [7, 11) is 0. The molecule has 0 aliphatic heterocycles. The van der Waals surface area contributed by atoms with E-state index in [0.717, 1.165) is 44.7 Å². The Balaban J connectivity index is 3.32. The Morgan fingerprint density at radius 1 is 0.838 bits per heavy atom. The highest BCUT2D eigenvalue weighted by Gasteiger charge is 2.22. The summed E-state index contributed by atoms with van der Waals surface area (Å²) in [6, 6.07) is 0. The van der Waals surface area contributed by atoms with Gasteiger partial charge in [0.25, 0.3) is 0 Å².